The summed E-state index contributed by atoms with van der Waals surface area (Å²) in [5.74, 6) is 6.77. The summed E-state index contributed by atoms with van der Waals surface area (Å²) >= 11 is 1.55. The van der Waals surface area contributed by atoms with E-state index in [9.17, 15) is 0 Å². The molecule has 6 saturated heterocycles. The lowest BCUT2D eigenvalue weighted by Crippen LogP contribution is -2.69. The Morgan fingerprint density at radius 1 is 0.347 bits per heavy atom. The number of rotatable bonds is 20. The molecule has 9 aromatic rings. The molecular weight excluding hydrogens is 1220 g/mol. The lowest BCUT2D eigenvalue weighted by molar-refractivity contribution is -0.421. The average molecular weight is 1300 g/mol. The highest BCUT2D eigenvalue weighted by molar-refractivity contribution is 7.99. The molecule has 15 nitrogen and oxygen atoms in total. The standard InChI is InChI=1S/C79H74O15S/c1-8-26-52(27-9-1)46-81-71-68(80-45-25-41-56-40-24-39-55-32-22-23-44-61(55)56)65-62(49-84-74(90-65)57-33-14-4-15-34-57)87-77(71)93-69-66-63(50-85-75(91-66)58-35-16-5-17-36-58)88-78(72(69)82-47-53-28-10-2-11-29-53)94-70-67-64(51-86-76(92-67)59-37-18-6-19-38-59)89-79(95-60-42-20-7-21-43-60)73(70)83-48-54-30-12-3-13-31-54/h1-24,26-40,42-44,62-79H,45-51H2/t62-,63-,64-,65-,66-,67-,68+,69+,70+,71+,72+,73+,74?,75?,76?,77+,78+,79+/m1/s1. The maximum Gasteiger partial charge on any atom is 0.187 e. The van der Waals surface area contributed by atoms with Gasteiger partial charge in [0.2, 0.25) is 0 Å². The van der Waals surface area contributed by atoms with Crippen molar-refractivity contribution in [2.45, 2.75) is 135 Å². The molecule has 0 aromatic heterocycles. The Morgan fingerprint density at radius 3 is 1.23 bits per heavy atom. The van der Waals surface area contributed by atoms with Crippen LogP contribution in [0.5, 0.6) is 0 Å². The van der Waals surface area contributed by atoms with Crippen LogP contribution in [-0.2, 0) is 90.9 Å². The number of fused-ring (bicyclic) bond motifs is 4. The van der Waals surface area contributed by atoms with E-state index in [2.05, 4.69) is 42.2 Å². The van der Waals surface area contributed by atoms with Crippen LogP contribution in [0.25, 0.3) is 10.8 Å². The van der Waals surface area contributed by atoms with Gasteiger partial charge in [-0.3, -0.25) is 0 Å². The van der Waals surface area contributed by atoms with E-state index in [-0.39, 0.29) is 46.2 Å². The molecule has 6 aliphatic heterocycles. The Balaban J connectivity index is 0.831. The number of ether oxygens (including phenoxy) is 15. The Labute approximate surface area is 557 Å². The number of hydrogen-bond donors (Lipinski definition) is 0. The molecule has 15 rings (SSSR count). The van der Waals surface area contributed by atoms with Crippen molar-refractivity contribution in [3.8, 4) is 11.8 Å². The molecule has 0 spiro atoms. The van der Waals surface area contributed by atoms with Crippen molar-refractivity contribution < 1.29 is 71.1 Å². The molecule has 6 fully saturated rings. The van der Waals surface area contributed by atoms with Crippen molar-refractivity contribution in [2.75, 3.05) is 26.4 Å². The summed E-state index contributed by atoms with van der Waals surface area (Å²) in [6.45, 7) is 0.948. The van der Waals surface area contributed by atoms with E-state index >= 15 is 0 Å². The van der Waals surface area contributed by atoms with E-state index in [1.807, 2.05) is 224 Å². The summed E-state index contributed by atoms with van der Waals surface area (Å²) in [4.78, 5) is 0.976. The van der Waals surface area contributed by atoms with Gasteiger partial charge in [0.25, 0.3) is 0 Å². The summed E-state index contributed by atoms with van der Waals surface area (Å²) in [7, 11) is 0. The SMILES string of the molecule is C(#Cc1cccc2ccccc12)CO[C@@H]1[C@H](OCc2ccccc2)[C@H](O[C@@H]2[C@H](OCc3ccccc3)[C@H](O[C@H]3[C@@H]4OC(c5ccccc5)OC[C@H]4O[C@@H](Sc4ccccc4)[C@H]3OCc3ccccc3)O[C@@H]3COC(c4ccccc4)O[C@@H]23)O[C@@H]2COC(c3ccccc3)O[C@@H]12. The van der Waals surface area contributed by atoms with Crippen LogP contribution in [0.4, 0.5) is 0 Å². The van der Waals surface area contributed by atoms with E-state index in [1.165, 1.54) is 0 Å². The van der Waals surface area contributed by atoms with Gasteiger partial charge in [-0.1, -0.05) is 260 Å². The first-order valence-corrected chi connectivity index (χ1v) is 33.5. The van der Waals surface area contributed by atoms with Gasteiger partial charge in [-0.05, 0) is 45.7 Å². The van der Waals surface area contributed by atoms with E-state index in [1.54, 1.807) is 11.8 Å². The molecule has 0 aliphatic carbocycles. The first-order valence-electron chi connectivity index (χ1n) is 32.6. The van der Waals surface area contributed by atoms with Crippen LogP contribution in [-0.4, -0.2) is 118 Å². The first-order chi connectivity index (χ1) is 47.1. The molecule has 9 aromatic carbocycles. The smallest absolute Gasteiger partial charge is 0.187 e. The fourth-order valence-corrected chi connectivity index (χ4v) is 14.3. The Kier molecular flexibility index (Phi) is 20.6. The Bertz CT molecular complexity index is 3910. The normalized spacial score (nSPS) is 30.4. The van der Waals surface area contributed by atoms with Crippen molar-refractivity contribution in [2.24, 2.45) is 0 Å². The fourth-order valence-electron chi connectivity index (χ4n) is 13.2. The minimum atomic E-state index is -1.22. The number of thioether (sulfide) groups is 1. The van der Waals surface area contributed by atoms with Crippen LogP contribution in [0.1, 0.15) is 57.8 Å². The van der Waals surface area contributed by atoms with E-state index in [0.717, 1.165) is 54.6 Å². The molecule has 0 radical (unpaired) electrons. The van der Waals surface area contributed by atoms with Gasteiger partial charge < -0.3 is 71.1 Å². The van der Waals surface area contributed by atoms with Gasteiger partial charge in [-0.2, -0.15) is 0 Å². The minimum absolute atomic E-state index is 0.0116. The average Bonchev–Trinajstić information content (AvgIpc) is 0.762. The highest BCUT2D eigenvalue weighted by Gasteiger charge is 2.60. The molecule has 16 heteroatoms. The minimum Gasteiger partial charge on any atom is -0.367 e. The lowest BCUT2D eigenvalue weighted by Gasteiger charge is -2.54. The second-order valence-corrected chi connectivity index (χ2v) is 25.4. The highest BCUT2D eigenvalue weighted by Crippen LogP contribution is 2.46. The topological polar surface area (TPSA) is 138 Å². The summed E-state index contributed by atoms with van der Waals surface area (Å²) < 4.78 is 107. The molecule has 6 heterocycles. The molecule has 0 saturated carbocycles. The van der Waals surface area contributed by atoms with Gasteiger partial charge >= 0.3 is 0 Å². The zero-order valence-corrected chi connectivity index (χ0v) is 52.9. The zero-order chi connectivity index (χ0) is 63.5. The van der Waals surface area contributed by atoms with Crippen LogP contribution in [0, 0.1) is 11.8 Å². The Hall–Kier alpha value is -7.45. The van der Waals surface area contributed by atoms with Crippen molar-refractivity contribution >= 4 is 22.5 Å². The van der Waals surface area contributed by atoms with Gasteiger partial charge in [0.15, 0.2) is 31.5 Å². The van der Waals surface area contributed by atoms with Crippen LogP contribution in [0.15, 0.2) is 260 Å². The van der Waals surface area contributed by atoms with E-state index < -0.39 is 110 Å². The molecule has 0 N–H and O–H groups in total. The third-order valence-corrected chi connectivity index (χ3v) is 19.0. The van der Waals surface area contributed by atoms with Crippen molar-refractivity contribution in [3.63, 3.8) is 0 Å². The molecule has 486 valence electrons. The maximum absolute atomic E-state index is 7.78. The van der Waals surface area contributed by atoms with Gasteiger partial charge in [-0.15, -0.1) is 0 Å². The monoisotopic (exact) mass is 1290 g/mol. The molecule has 3 unspecified atom stereocenters. The van der Waals surface area contributed by atoms with Gasteiger partial charge in [-0.25, -0.2) is 0 Å². The summed E-state index contributed by atoms with van der Waals surface area (Å²) in [6.07, 6.45) is -14.8. The second-order valence-electron chi connectivity index (χ2n) is 24.2. The summed E-state index contributed by atoms with van der Waals surface area (Å²) in [5.41, 5.74) is 5.54. The van der Waals surface area contributed by atoms with Gasteiger partial charge in [0, 0.05) is 27.1 Å². The summed E-state index contributed by atoms with van der Waals surface area (Å²) in [6, 6.07) is 84.1. The van der Waals surface area contributed by atoms with Gasteiger partial charge in [0.1, 0.15) is 85.3 Å². The fraction of sp³-hybridized carbons (Fsp3) is 0.316. The predicted octanol–water partition coefficient (Wildman–Crippen LogP) is 13.4. The van der Waals surface area contributed by atoms with Gasteiger partial charge in [0.05, 0.1) is 39.6 Å². The van der Waals surface area contributed by atoms with E-state index in [4.69, 9.17) is 71.1 Å². The van der Waals surface area contributed by atoms with Crippen LogP contribution >= 0.6 is 11.8 Å². The molecule has 0 amide bonds. The first kappa shape index (κ1) is 63.6. The third kappa shape index (κ3) is 15.1. The maximum atomic E-state index is 7.78. The quantitative estimate of drug-likeness (QED) is 0.0668. The number of hydrogen-bond acceptors (Lipinski definition) is 16. The molecular formula is C79H74O15S. The third-order valence-electron chi connectivity index (χ3n) is 17.9. The highest BCUT2D eigenvalue weighted by atomic mass is 32.2. The number of benzene rings is 9. The Morgan fingerprint density at radius 2 is 0.737 bits per heavy atom. The van der Waals surface area contributed by atoms with Crippen molar-refractivity contribution in [1.29, 1.82) is 0 Å². The van der Waals surface area contributed by atoms with E-state index in [0.29, 0.717) is 0 Å². The molecule has 95 heavy (non-hydrogen) atoms. The second kappa shape index (κ2) is 30.7. The van der Waals surface area contributed by atoms with Crippen molar-refractivity contribution in [1.82, 2.24) is 0 Å². The van der Waals surface area contributed by atoms with Crippen molar-refractivity contribution in [3.05, 3.63) is 294 Å². The molecule has 0 bridgehead atoms. The van der Waals surface area contributed by atoms with Crippen LogP contribution < -0.4 is 0 Å². The lowest BCUT2D eigenvalue weighted by atomic mass is 9.94. The largest absolute Gasteiger partial charge is 0.367 e. The van der Waals surface area contributed by atoms with Crippen LogP contribution in [0.2, 0.25) is 0 Å². The zero-order valence-electron chi connectivity index (χ0n) is 52.1. The van der Waals surface area contributed by atoms with Crippen LogP contribution in [0.3, 0.4) is 0 Å². The predicted molar refractivity (Wildman–Crippen MR) is 354 cm³/mol. The molecule has 18 atom stereocenters. The summed E-state index contributed by atoms with van der Waals surface area (Å²) in [5, 5.41) is 2.14. The molecule has 6 aliphatic rings.